The summed E-state index contributed by atoms with van der Waals surface area (Å²) in [5, 5.41) is 9.93. The maximum absolute atomic E-state index is 6.20. The van der Waals surface area contributed by atoms with Crippen LogP contribution >= 0.6 is 0 Å². The molecule has 0 unspecified atom stereocenters. The van der Waals surface area contributed by atoms with Crippen molar-refractivity contribution in [3.63, 3.8) is 0 Å². The Morgan fingerprint density at radius 1 is 0.391 bits per heavy atom. The zero-order valence-electron chi connectivity index (χ0n) is 25.8. The van der Waals surface area contributed by atoms with Gasteiger partial charge in [-0.3, -0.25) is 0 Å². The Kier molecular flexibility index (Phi) is 5.12. The maximum Gasteiger partial charge on any atom is 0.135 e. The van der Waals surface area contributed by atoms with Crippen LogP contribution < -0.4 is 0 Å². The second-order valence-electron chi connectivity index (χ2n) is 13.2. The third-order valence-corrected chi connectivity index (χ3v) is 10.4. The molecule has 1 heteroatoms. The van der Waals surface area contributed by atoms with Gasteiger partial charge in [-0.15, -0.1) is 0 Å². The number of fused-ring (bicyclic) bond motifs is 9. The van der Waals surface area contributed by atoms with Gasteiger partial charge in [0.15, 0.2) is 0 Å². The summed E-state index contributed by atoms with van der Waals surface area (Å²) >= 11 is 0. The van der Waals surface area contributed by atoms with Crippen LogP contribution in [0.5, 0.6) is 0 Å². The monoisotopic (exact) mass is 586 g/mol. The number of rotatable bonds is 2. The van der Waals surface area contributed by atoms with E-state index in [9.17, 15) is 0 Å². The zero-order valence-corrected chi connectivity index (χ0v) is 25.8. The molecule has 1 heterocycles. The fourth-order valence-electron chi connectivity index (χ4n) is 8.30. The van der Waals surface area contributed by atoms with Crippen molar-refractivity contribution in [3.8, 4) is 33.4 Å². The van der Waals surface area contributed by atoms with Gasteiger partial charge in [0.05, 0.1) is 0 Å². The lowest BCUT2D eigenvalue weighted by atomic mass is 9.80. The summed E-state index contributed by atoms with van der Waals surface area (Å²) in [6.07, 6.45) is 0. The number of hydrogen-bond donors (Lipinski definition) is 0. The molecule has 0 radical (unpaired) electrons. The van der Waals surface area contributed by atoms with E-state index in [0.29, 0.717) is 0 Å². The van der Waals surface area contributed by atoms with E-state index < -0.39 is 0 Å². The highest BCUT2D eigenvalue weighted by molar-refractivity contribution is 6.24. The molecule has 9 aromatic rings. The molecule has 0 atom stereocenters. The van der Waals surface area contributed by atoms with Crippen LogP contribution in [0, 0.1) is 0 Å². The van der Waals surface area contributed by atoms with Crippen molar-refractivity contribution in [2.75, 3.05) is 0 Å². The smallest absolute Gasteiger partial charge is 0.135 e. The summed E-state index contributed by atoms with van der Waals surface area (Å²) in [5.74, 6) is 0. The van der Waals surface area contributed by atoms with Crippen molar-refractivity contribution in [1.82, 2.24) is 0 Å². The normalized spacial score (nSPS) is 13.6. The quantitative estimate of drug-likeness (QED) is 0.184. The third kappa shape index (κ3) is 3.40. The Labute approximate surface area is 267 Å². The van der Waals surface area contributed by atoms with E-state index >= 15 is 0 Å². The second-order valence-corrected chi connectivity index (χ2v) is 13.2. The Bertz CT molecular complexity index is 2660. The molecule has 0 spiro atoms. The molecule has 1 aliphatic carbocycles. The summed E-state index contributed by atoms with van der Waals surface area (Å²) < 4.78 is 6.20. The van der Waals surface area contributed by atoms with Crippen LogP contribution in [0.3, 0.4) is 0 Å². The fourth-order valence-corrected chi connectivity index (χ4v) is 8.30. The van der Waals surface area contributed by atoms with Crippen LogP contribution in [0.4, 0.5) is 0 Å². The van der Waals surface area contributed by atoms with Gasteiger partial charge in [0.25, 0.3) is 0 Å². The first-order chi connectivity index (χ1) is 22.6. The fraction of sp³-hybridized carbons (Fsp3) is 0.0667. The summed E-state index contributed by atoms with van der Waals surface area (Å²) in [7, 11) is 0. The van der Waals surface area contributed by atoms with Crippen LogP contribution in [0.1, 0.15) is 25.0 Å². The van der Waals surface area contributed by atoms with E-state index in [1.165, 1.54) is 76.8 Å². The van der Waals surface area contributed by atoms with Gasteiger partial charge in [0, 0.05) is 16.2 Å². The molecule has 8 aromatic carbocycles. The zero-order chi connectivity index (χ0) is 30.6. The first kappa shape index (κ1) is 25.6. The summed E-state index contributed by atoms with van der Waals surface area (Å²) in [6.45, 7) is 4.73. The Morgan fingerprint density at radius 3 is 1.76 bits per heavy atom. The molecule has 46 heavy (non-hydrogen) atoms. The van der Waals surface area contributed by atoms with Crippen LogP contribution in [0.2, 0.25) is 0 Å². The molecule has 0 N–H and O–H groups in total. The minimum Gasteiger partial charge on any atom is -0.456 e. The molecule has 0 amide bonds. The van der Waals surface area contributed by atoms with Crippen LogP contribution in [0.15, 0.2) is 150 Å². The molecule has 0 aliphatic heterocycles. The molecule has 0 fully saturated rings. The van der Waals surface area contributed by atoms with Gasteiger partial charge in [-0.05, 0) is 107 Å². The standard InChI is InChI=1S/C45H30O/c1-45(2)39-20-9-7-13-29(39)37-24-27-12-11-19-35(36(27)26-40(37)45)44-33-17-5-3-15-31(33)43(32-16-4-6-18-34(32)44)28-22-23-42-38(25-28)30-14-8-10-21-41(30)46-42/h3-26H,1-2H3. The summed E-state index contributed by atoms with van der Waals surface area (Å²) in [6, 6.07) is 53.5. The average molecular weight is 587 g/mol. The highest BCUT2D eigenvalue weighted by Crippen LogP contribution is 2.52. The maximum atomic E-state index is 6.20. The van der Waals surface area contributed by atoms with Crippen molar-refractivity contribution in [3.05, 3.63) is 157 Å². The average Bonchev–Trinajstić information content (AvgIpc) is 3.57. The lowest BCUT2D eigenvalue weighted by Gasteiger charge is -2.23. The molecule has 1 nitrogen and oxygen atoms in total. The predicted octanol–water partition coefficient (Wildman–Crippen LogP) is 12.7. The molecule has 0 bridgehead atoms. The number of benzene rings is 8. The SMILES string of the molecule is CC1(C)c2ccccc2-c2cc3cccc(-c4c5ccccc5c(-c5ccc6oc7ccccc7c6c5)c5ccccc45)c3cc21. The first-order valence-electron chi connectivity index (χ1n) is 16.1. The second kappa shape index (κ2) is 9.19. The predicted molar refractivity (Wildman–Crippen MR) is 195 cm³/mol. The summed E-state index contributed by atoms with van der Waals surface area (Å²) in [4.78, 5) is 0. The number of para-hydroxylation sites is 1. The van der Waals surface area contributed by atoms with Gasteiger partial charge in [-0.25, -0.2) is 0 Å². The van der Waals surface area contributed by atoms with Gasteiger partial charge >= 0.3 is 0 Å². The number of hydrogen-bond acceptors (Lipinski definition) is 1. The minimum atomic E-state index is -0.0584. The van der Waals surface area contributed by atoms with E-state index in [0.717, 1.165) is 21.9 Å². The van der Waals surface area contributed by atoms with Gasteiger partial charge in [0.1, 0.15) is 11.2 Å². The van der Waals surface area contributed by atoms with Crippen molar-refractivity contribution in [2.45, 2.75) is 19.3 Å². The molecule has 0 saturated carbocycles. The lowest BCUT2D eigenvalue weighted by Crippen LogP contribution is -2.14. The number of furan rings is 1. The Morgan fingerprint density at radius 2 is 1.00 bits per heavy atom. The van der Waals surface area contributed by atoms with Crippen molar-refractivity contribution in [1.29, 1.82) is 0 Å². The topological polar surface area (TPSA) is 13.1 Å². The van der Waals surface area contributed by atoms with E-state index in [-0.39, 0.29) is 5.41 Å². The van der Waals surface area contributed by atoms with E-state index in [2.05, 4.69) is 147 Å². The molecule has 0 saturated heterocycles. The minimum absolute atomic E-state index is 0.0584. The Balaban J connectivity index is 1.29. The highest BCUT2D eigenvalue weighted by Gasteiger charge is 2.35. The van der Waals surface area contributed by atoms with Crippen molar-refractivity contribution < 1.29 is 4.42 Å². The van der Waals surface area contributed by atoms with E-state index in [1.54, 1.807) is 0 Å². The molecule has 216 valence electrons. The first-order valence-corrected chi connectivity index (χ1v) is 16.1. The molecule has 10 rings (SSSR count). The van der Waals surface area contributed by atoms with Gasteiger partial charge in [0.2, 0.25) is 0 Å². The third-order valence-electron chi connectivity index (χ3n) is 10.4. The largest absolute Gasteiger partial charge is 0.456 e. The lowest BCUT2D eigenvalue weighted by molar-refractivity contribution is 0.661. The van der Waals surface area contributed by atoms with E-state index in [4.69, 9.17) is 4.42 Å². The molecular weight excluding hydrogens is 556 g/mol. The molecular formula is C45H30O. The molecule has 1 aromatic heterocycles. The van der Waals surface area contributed by atoms with Gasteiger partial charge < -0.3 is 4.42 Å². The highest BCUT2D eigenvalue weighted by atomic mass is 16.3. The van der Waals surface area contributed by atoms with Gasteiger partial charge in [-0.1, -0.05) is 129 Å². The summed E-state index contributed by atoms with van der Waals surface area (Å²) in [5.41, 5.74) is 12.4. The van der Waals surface area contributed by atoms with Crippen LogP contribution in [-0.2, 0) is 5.41 Å². The van der Waals surface area contributed by atoms with Crippen molar-refractivity contribution >= 4 is 54.3 Å². The van der Waals surface area contributed by atoms with Crippen molar-refractivity contribution in [2.24, 2.45) is 0 Å². The van der Waals surface area contributed by atoms with Crippen LogP contribution in [-0.4, -0.2) is 0 Å². The van der Waals surface area contributed by atoms with E-state index in [1.807, 2.05) is 12.1 Å². The van der Waals surface area contributed by atoms with Crippen LogP contribution in [0.25, 0.3) is 87.6 Å². The molecule has 1 aliphatic rings. The van der Waals surface area contributed by atoms with Gasteiger partial charge in [-0.2, -0.15) is 0 Å². The Hall–Kier alpha value is -5.66.